The lowest BCUT2D eigenvalue weighted by atomic mass is 9.69. The van der Waals surface area contributed by atoms with Crippen LogP contribution in [0.5, 0.6) is 0 Å². The van der Waals surface area contributed by atoms with Crippen LogP contribution in [0, 0.1) is 24.0 Å². The summed E-state index contributed by atoms with van der Waals surface area (Å²) in [6.07, 6.45) is 1.10. The highest BCUT2D eigenvalue weighted by Gasteiger charge is 2.43. The molecule has 0 bridgehead atoms. The number of halogens is 2. The number of aryl methyl sites for hydroxylation is 1. The van der Waals surface area contributed by atoms with E-state index in [1.807, 2.05) is 41.9 Å². The quantitative estimate of drug-likeness (QED) is 0.583. The number of nitrogens with zero attached hydrogens (tertiary/aromatic N) is 2. The van der Waals surface area contributed by atoms with Gasteiger partial charge >= 0.3 is 0 Å². The fourth-order valence-corrected chi connectivity index (χ4v) is 4.85. The van der Waals surface area contributed by atoms with Crippen molar-refractivity contribution in [3.8, 4) is 5.69 Å². The summed E-state index contributed by atoms with van der Waals surface area (Å²) in [6, 6.07) is 13.6. The molecule has 1 N–H and O–H groups in total. The first-order valence-corrected chi connectivity index (χ1v) is 10.4. The number of hydrogen-bond acceptors (Lipinski definition) is 3. The molecule has 31 heavy (non-hydrogen) atoms. The van der Waals surface area contributed by atoms with E-state index < -0.39 is 17.6 Å². The zero-order valence-corrected chi connectivity index (χ0v) is 17.7. The Hall–Kier alpha value is -3.28. The third-order valence-electron chi connectivity index (χ3n) is 6.15. The molecule has 2 heterocycles. The van der Waals surface area contributed by atoms with Crippen LogP contribution in [0.2, 0.25) is 0 Å². The molecule has 158 valence electrons. The third kappa shape index (κ3) is 3.17. The van der Waals surface area contributed by atoms with E-state index in [4.69, 9.17) is 5.10 Å². The molecule has 0 fully saturated rings. The summed E-state index contributed by atoms with van der Waals surface area (Å²) < 4.78 is 29.7. The number of aromatic nitrogens is 2. The summed E-state index contributed by atoms with van der Waals surface area (Å²) in [5.41, 5.74) is 4.28. The third-order valence-corrected chi connectivity index (χ3v) is 6.15. The van der Waals surface area contributed by atoms with E-state index in [0.29, 0.717) is 24.0 Å². The van der Waals surface area contributed by atoms with Gasteiger partial charge in [-0.25, -0.2) is 13.5 Å². The maximum absolute atomic E-state index is 14.2. The molecule has 2 aliphatic rings. The topological polar surface area (TPSA) is 46.9 Å². The lowest BCUT2D eigenvalue weighted by Crippen LogP contribution is -2.34. The van der Waals surface area contributed by atoms with Crippen molar-refractivity contribution < 1.29 is 13.6 Å². The zero-order chi connectivity index (χ0) is 21.9. The van der Waals surface area contributed by atoms with E-state index in [1.165, 1.54) is 6.07 Å². The van der Waals surface area contributed by atoms with E-state index >= 15 is 0 Å². The van der Waals surface area contributed by atoms with E-state index in [9.17, 15) is 13.6 Å². The Kier molecular flexibility index (Phi) is 4.36. The maximum Gasteiger partial charge on any atom is 0.162 e. The Morgan fingerprint density at radius 1 is 1.06 bits per heavy atom. The number of allylic oxidation sites excluding steroid dienone is 2. The Morgan fingerprint density at radius 2 is 1.81 bits per heavy atom. The predicted molar refractivity (Wildman–Crippen MR) is 115 cm³/mol. The molecule has 5 rings (SSSR count). The number of para-hydroxylation sites is 1. The number of rotatable bonds is 2. The molecule has 3 aromatic rings. The first kappa shape index (κ1) is 19.7. The second-order valence-electron chi connectivity index (χ2n) is 9.16. The van der Waals surface area contributed by atoms with Gasteiger partial charge in [-0.3, -0.25) is 4.79 Å². The van der Waals surface area contributed by atoms with Crippen molar-refractivity contribution in [2.75, 3.05) is 5.32 Å². The average Bonchev–Trinajstić information content (AvgIpc) is 3.04. The van der Waals surface area contributed by atoms with Gasteiger partial charge < -0.3 is 5.32 Å². The molecule has 1 aromatic heterocycles. The van der Waals surface area contributed by atoms with Crippen LogP contribution < -0.4 is 5.32 Å². The van der Waals surface area contributed by atoms with Gasteiger partial charge in [0.2, 0.25) is 0 Å². The van der Waals surface area contributed by atoms with Crippen LogP contribution >= 0.6 is 0 Å². The van der Waals surface area contributed by atoms with Gasteiger partial charge in [-0.1, -0.05) is 38.1 Å². The van der Waals surface area contributed by atoms with Crippen molar-refractivity contribution in [2.45, 2.75) is 39.5 Å². The standard InChI is InChI=1S/C25H23F2N3O/c1-14-21-22(15-9-10-17(26)18(27)11-15)23-19(12-25(2,3)13-20(23)31)28-24(21)30(29-14)16-7-5-4-6-8-16/h4-11,22,28H,12-13H2,1-3H3/t22-/m1/s1. The number of benzene rings is 2. The predicted octanol–water partition coefficient (Wildman–Crippen LogP) is 5.66. The van der Waals surface area contributed by atoms with Crippen LogP contribution in [0.15, 0.2) is 59.8 Å². The van der Waals surface area contributed by atoms with Crippen molar-refractivity contribution in [1.29, 1.82) is 0 Å². The minimum Gasteiger partial charge on any atom is -0.343 e. The van der Waals surface area contributed by atoms with Gasteiger partial charge in [0.15, 0.2) is 17.4 Å². The summed E-state index contributed by atoms with van der Waals surface area (Å²) in [6.45, 7) is 6.02. The zero-order valence-electron chi connectivity index (χ0n) is 17.7. The highest BCUT2D eigenvalue weighted by molar-refractivity contribution is 6.01. The summed E-state index contributed by atoms with van der Waals surface area (Å²) in [4.78, 5) is 13.3. The van der Waals surface area contributed by atoms with Crippen LogP contribution in [-0.2, 0) is 4.79 Å². The van der Waals surface area contributed by atoms with Gasteiger partial charge in [0.05, 0.1) is 11.4 Å². The maximum atomic E-state index is 14.2. The second-order valence-corrected chi connectivity index (χ2v) is 9.16. The number of carbonyl (C=O) groups excluding carboxylic acids is 1. The molecule has 0 unspecified atom stereocenters. The molecule has 0 radical (unpaired) electrons. The Labute approximate surface area is 179 Å². The highest BCUT2D eigenvalue weighted by Crippen LogP contribution is 2.50. The number of ketones is 1. The SMILES string of the molecule is Cc1nn(-c2ccccc2)c2c1[C@@H](c1ccc(F)c(F)c1)C1=C(CC(C)(C)CC1=O)N2. The van der Waals surface area contributed by atoms with Gasteiger partial charge in [0.1, 0.15) is 5.82 Å². The molecule has 0 saturated heterocycles. The van der Waals surface area contributed by atoms with Crippen molar-refractivity contribution in [3.05, 3.63) is 88.3 Å². The van der Waals surface area contributed by atoms with Gasteiger partial charge in [-0.05, 0) is 48.6 Å². The molecule has 0 amide bonds. The molecular weight excluding hydrogens is 396 g/mol. The summed E-state index contributed by atoms with van der Waals surface area (Å²) in [7, 11) is 0. The van der Waals surface area contributed by atoms with E-state index in [-0.39, 0.29) is 11.2 Å². The van der Waals surface area contributed by atoms with Crippen molar-refractivity contribution in [2.24, 2.45) is 5.41 Å². The minimum atomic E-state index is -0.920. The Bertz CT molecular complexity index is 1240. The molecule has 6 heteroatoms. The van der Waals surface area contributed by atoms with Crippen molar-refractivity contribution in [3.63, 3.8) is 0 Å². The number of nitrogens with one attached hydrogen (secondary N) is 1. The summed E-state index contributed by atoms with van der Waals surface area (Å²) in [5, 5.41) is 8.24. The molecule has 4 nitrogen and oxygen atoms in total. The number of fused-ring (bicyclic) bond motifs is 1. The molecule has 1 aliphatic carbocycles. The first-order chi connectivity index (χ1) is 14.7. The number of anilines is 1. The molecule has 2 aromatic carbocycles. The fraction of sp³-hybridized carbons (Fsp3) is 0.280. The summed E-state index contributed by atoms with van der Waals surface area (Å²) >= 11 is 0. The Balaban J connectivity index is 1.77. The molecule has 1 aliphatic heterocycles. The van der Waals surface area contributed by atoms with E-state index in [1.54, 1.807) is 6.07 Å². The summed E-state index contributed by atoms with van der Waals surface area (Å²) in [5.74, 6) is -1.52. The second kappa shape index (κ2) is 6.87. The monoisotopic (exact) mass is 419 g/mol. The largest absolute Gasteiger partial charge is 0.343 e. The molecule has 1 atom stereocenters. The first-order valence-electron chi connectivity index (χ1n) is 10.4. The van der Waals surface area contributed by atoms with Gasteiger partial charge in [0, 0.05) is 29.2 Å². The minimum absolute atomic E-state index is 0.0333. The molecule has 0 spiro atoms. The molecular formula is C25H23F2N3O. The van der Waals surface area contributed by atoms with Gasteiger partial charge in [-0.2, -0.15) is 5.10 Å². The van der Waals surface area contributed by atoms with Crippen LogP contribution in [0.3, 0.4) is 0 Å². The number of carbonyl (C=O) groups is 1. The fourth-order valence-electron chi connectivity index (χ4n) is 4.85. The average molecular weight is 419 g/mol. The van der Waals surface area contributed by atoms with Crippen LogP contribution in [0.4, 0.5) is 14.6 Å². The Morgan fingerprint density at radius 3 is 2.52 bits per heavy atom. The molecule has 0 saturated carbocycles. The lowest BCUT2D eigenvalue weighted by Gasteiger charge is -2.38. The van der Waals surface area contributed by atoms with Crippen LogP contribution in [0.1, 0.15) is 49.4 Å². The van der Waals surface area contributed by atoms with Gasteiger partial charge in [-0.15, -0.1) is 0 Å². The number of hydrogen-bond donors (Lipinski definition) is 1. The van der Waals surface area contributed by atoms with Crippen molar-refractivity contribution in [1.82, 2.24) is 9.78 Å². The van der Waals surface area contributed by atoms with Crippen molar-refractivity contribution >= 4 is 11.6 Å². The normalized spacial score (nSPS) is 19.6. The lowest BCUT2D eigenvalue weighted by molar-refractivity contribution is -0.118. The smallest absolute Gasteiger partial charge is 0.162 e. The van der Waals surface area contributed by atoms with Crippen LogP contribution in [0.25, 0.3) is 5.69 Å². The van der Waals surface area contributed by atoms with E-state index in [2.05, 4.69) is 19.2 Å². The number of Topliss-reactive ketones (excluding diaryl/α,β-unsaturated/α-hetero) is 1. The highest BCUT2D eigenvalue weighted by atomic mass is 19.2. The van der Waals surface area contributed by atoms with E-state index in [0.717, 1.165) is 34.5 Å². The van der Waals surface area contributed by atoms with Crippen LogP contribution in [-0.4, -0.2) is 15.6 Å². The van der Waals surface area contributed by atoms with Gasteiger partial charge in [0.25, 0.3) is 0 Å².